The summed E-state index contributed by atoms with van der Waals surface area (Å²) in [5.41, 5.74) is 2.28. The monoisotopic (exact) mass is 226 g/mol. The molecule has 0 saturated carbocycles. The minimum absolute atomic E-state index is 0.435. The van der Waals surface area contributed by atoms with Gasteiger partial charge < -0.3 is 4.74 Å². The summed E-state index contributed by atoms with van der Waals surface area (Å²) in [6, 6.07) is 6.03. The Bertz CT molecular complexity index is 474. The van der Waals surface area contributed by atoms with Crippen molar-refractivity contribution in [3.63, 3.8) is 0 Å². The fourth-order valence-electron chi connectivity index (χ4n) is 2.01. The van der Waals surface area contributed by atoms with Gasteiger partial charge in [0.15, 0.2) is 0 Å². The van der Waals surface area contributed by atoms with Crippen LogP contribution in [0.5, 0.6) is 5.75 Å². The Morgan fingerprint density at radius 3 is 2.88 bits per heavy atom. The van der Waals surface area contributed by atoms with Crippen molar-refractivity contribution < 1.29 is 4.74 Å². The van der Waals surface area contributed by atoms with Crippen molar-refractivity contribution in [2.75, 3.05) is 7.11 Å². The van der Waals surface area contributed by atoms with E-state index in [-0.39, 0.29) is 0 Å². The molecule has 0 spiro atoms. The second kappa shape index (κ2) is 5.59. The van der Waals surface area contributed by atoms with Gasteiger partial charge in [0.2, 0.25) is 0 Å². The number of hydrogen-bond acceptors (Lipinski definition) is 1. The topological polar surface area (TPSA) is 9.23 Å². The Balaban J connectivity index is 2.15. The molecule has 1 atom stereocenters. The Labute approximate surface area is 103 Å². The van der Waals surface area contributed by atoms with Crippen LogP contribution in [0.4, 0.5) is 0 Å². The number of hydrogen-bond donors (Lipinski definition) is 0. The molecule has 1 heteroatoms. The fraction of sp³-hybridized carbons (Fsp3) is 0.375. The molecule has 88 valence electrons. The van der Waals surface area contributed by atoms with E-state index in [9.17, 15) is 0 Å². The SMILES string of the molecule is COc1ccc(C#C[C@@H]2C=CCCC2)c(C)c1. The van der Waals surface area contributed by atoms with Crippen LogP contribution >= 0.6 is 0 Å². The molecule has 0 N–H and O–H groups in total. The Kier molecular flexibility index (Phi) is 3.88. The summed E-state index contributed by atoms with van der Waals surface area (Å²) in [5, 5.41) is 0. The number of aryl methyl sites for hydroxylation is 1. The molecule has 0 saturated heterocycles. The molecule has 1 aliphatic rings. The highest BCUT2D eigenvalue weighted by Crippen LogP contribution is 2.18. The Morgan fingerprint density at radius 1 is 1.35 bits per heavy atom. The van der Waals surface area contributed by atoms with E-state index < -0.39 is 0 Å². The van der Waals surface area contributed by atoms with Gasteiger partial charge in [0, 0.05) is 11.5 Å². The number of ether oxygens (including phenoxy) is 1. The maximum Gasteiger partial charge on any atom is 0.119 e. The Hall–Kier alpha value is -1.68. The lowest BCUT2D eigenvalue weighted by molar-refractivity contribution is 0.414. The van der Waals surface area contributed by atoms with E-state index in [0.29, 0.717) is 5.92 Å². The minimum Gasteiger partial charge on any atom is -0.497 e. The molecule has 0 unspecified atom stereocenters. The normalized spacial score (nSPS) is 18.4. The van der Waals surface area contributed by atoms with Gasteiger partial charge in [-0.05, 0) is 49.9 Å². The molecule has 17 heavy (non-hydrogen) atoms. The van der Waals surface area contributed by atoms with E-state index in [1.54, 1.807) is 7.11 Å². The van der Waals surface area contributed by atoms with Crippen LogP contribution in [0.1, 0.15) is 30.4 Å². The molecule has 0 aliphatic heterocycles. The molecular weight excluding hydrogens is 208 g/mol. The van der Waals surface area contributed by atoms with Crippen molar-refractivity contribution >= 4 is 0 Å². The van der Waals surface area contributed by atoms with E-state index in [0.717, 1.165) is 11.3 Å². The first kappa shape index (κ1) is 11.8. The minimum atomic E-state index is 0.435. The molecule has 1 nitrogen and oxygen atoms in total. The zero-order valence-electron chi connectivity index (χ0n) is 10.5. The van der Waals surface area contributed by atoms with Gasteiger partial charge in [0.25, 0.3) is 0 Å². The Morgan fingerprint density at radius 2 is 2.24 bits per heavy atom. The van der Waals surface area contributed by atoms with Gasteiger partial charge in [0.1, 0.15) is 5.75 Å². The van der Waals surface area contributed by atoms with Crippen molar-refractivity contribution in [2.45, 2.75) is 26.2 Å². The van der Waals surface area contributed by atoms with E-state index >= 15 is 0 Å². The predicted molar refractivity (Wildman–Crippen MR) is 71.1 cm³/mol. The molecule has 0 amide bonds. The summed E-state index contributed by atoms with van der Waals surface area (Å²) >= 11 is 0. The smallest absolute Gasteiger partial charge is 0.119 e. The van der Waals surface area contributed by atoms with Crippen LogP contribution in [0.15, 0.2) is 30.4 Å². The number of methoxy groups -OCH3 is 1. The third-order valence-corrected chi connectivity index (χ3v) is 3.08. The van der Waals surface area contributed by atoms with Crippen LogP contribution in [-0.2, 0) is 0 Å². The van der Waals surface area contributed by atoms with Crippen LogP contribution in [0.3, 0.4) is 0 Å². The van der Waals surface area contributed by atoms with Gasteiger partial charge in [-0.25, -0.2) is 0 Å². The molecule has 0 heterocycles. The lowest BCUT2D eigenvalue weighted by Gasteiger charge is -2.09. The first-order valence-electron chi connectivity index (χ1n) is 6.12. The molecule has 0 bridgehead atoms. The van der Waals surface area contributed by atoms with Gasteiger partial charge in [-0.1, -0.05) is 24.0 Å². The molecule has 0 fully saturated rings. The van der Waals surface area contributed by atoms with E-state index in [1.807, 2.05) is 18.2 Å². The van der Waals surface area contributed by atoms with E-state index in [1.165, 1.54) is 24.8 Å². The van der Waals surface area contributed by atoms with Crippen LogP contribution in [0.25, 0.3) is 0 Å². The van der Waals surface area contributed by atoms with Crippen LogP contribution in [0.2, 0.25) is 0 Å². The summed E-state index contributed by atoms with van der Waals surface area (Å²) < 4.78 is 5.19. The van der Waals surface area contributed by atoms with Gasteiger partial charge in [-0.2, -0.15) is 0 Å². The second-order valence-corrected chi connectivity index (χ2v) is 4.42. The third-order valence-electron chi connectivity index (χ3n) is 3.08. The zero-order valence-corrected chi connectivity index (χ0v) is 10.5. The first-order chi connectivity index (χ1) is 8.29. The molecular formula is C16H18O. The molecule has 1 aliphatic carbocycles. The highest BCUT2D eigenvalue weighted by molar-refractivity contribution is 5.45. The zero-order chi connectivity index (χ0) is 12.1. The largest absolute Gasteiger partial charge is 0.497 e. The van der Waals surface area contributed by atoms with Gasteiger partial charge in [0.05, 0.1) is 7.11 Å². The maximum atomic E-state index is 5.19. The van der Waals surface area contributed by atoms with Gasteiger partial charge >= 0.3 is 0 Å². The summed E-state index contributed by atoms with van der Waals surface area (Å²) in [7, 11) is 1.69. The van der Waals surface area contributed by atoms with Crippen molar-refractivity contribution in [3.05, 3.63) is 41.5 Å². The molecule has 2 rings (SSSR count). The van der Waals surface area contributed by atoms with E-state index in [2.05, 4.69) is 30.9 Å². The lowest BCUT2D eigenvalue weighted by Crippen LogP contribution is -1.97. The van der Waals surface area contributed by atoms with Crippen molar-refractivity contribution in [1.29, 1.82) is 0 Å². The first-order valence-corrected chi connectivity index (χ1v) is 6.12. The highest BCUT2D eigenvalue weighted by atomic mass is 16.5. The van der Waals surface area contributed by atoms with Crippen molar-refractivity contribution in [1.82, 2.24) is 0 Å². The van der Waals surface area contributed by atoms with Crippen molar-refractivity contribution in [3.8, 4) is 17.6 Å². The second-order valence-electron chi connectivity index (χ2n) is 4.42. The third kappa shape index (κ3) is 3.14. The summed E-state index contributed by atoms with van der Waals surface area (Å²) in [6.07, 6.45) is 8.13. The predicted octanol–water partition coefficient (Wildman–Crippen LogP) is 3.71. The molecule has 0 radical (unpaired) electrons. The average Bonchev–Trinajstić information content (AvgIpc) is 2.38. The van der Waals surface area contributed by atoms with E-state index in [4.69, 9.17) is 4.74 Å². The molecule has 0 aromatic heterocycles. The van der Waals surface area contributed by atoms with Gasteiger partial charge in [-0.15, -0.1) is 0 Å². The standard InChI is InChI=1S/C16H18O/c1-13-12-16(17-2)11-10-15(13)9-8-14-6-4-3-5-7-14/h4,6,10-12,14H,3,5,7H2,1-2H3/t14-/m1/s1. The highest BCUT2D eigenvalue weighted by Gasteiger charge is 2.04. The number of allylic oxidation sites excluding steroid dienone is 2. The van der Waals surface area contributed by atoms with Crippen LogP contribution < -0.4 is 4.74 Å². The average molecular weight is 226 g/mol. The summed E-state index contributed by atoms with van der Waals surface area (Å²) in [5.74, 6) is 7.95. The molecule has 1 aromatic carbocycles. The summed E-state index contributed by atoms with van der Waals surface area (Å²) in [6.45, 7) is 2.07. The fourth-order valence-corrected chi connectivity index (χ4v) is 2.01. The number of benzene rings is 1. The molecule has 1 aromatic rings. The summed E-state index contributed by atoms with van der Waals surface area (Å²) in [4.78, 5) is 0. The van der Waals surface area contributed by atoms with Crippen LogP contribution in [0, 0.1) is 24.7 Å². The van der Waals surface area contributed by atoms with Crippen LogP contribution in [-0.4, -0.2) is 7.11 Å². The van der Waals surface area contributed by atoms with Crippen molar-refractivity contribution in [2.24, 2.45) is 5.92 Å². The quantitative estimate of drug-likeness (QED) is 0.524. The van der Waals surface area contributed by atoms with Gasteiger partial charge in [-0.3, -0.25) is 0 Å². The lowest BCUT2D eigenvalue weighted by atomic mass is 9.96. The number of rotatable bonds is 1. The maximum absolute atomic E-state index is 5.19.